The number of aromatic nitrogens is 1. The Hall–Kier alpha value is -2.70. The molecule has 0 unspecified atom stereocenters. The Bertz CT molecular complexity index is 1050. The number of carbonyl (C=O) groups is 1. The van der Waals surface area contributed by atoms with Crippen molar-refractivity contribution < 1.29 is 14.6 Å². The number of anilines is 1. The van der Waals surface area contributed by atoms with Crippen molar-refractivity contribution in [3.63, 3.8) is 0 Å². The van der Waals surface area contributed by atoms with E-state index >= 15 is 0 Å². The number of methoxy groups -OCH3 is 1. The van der Waals surface area contributed by atoms with Crippen LogP contribution in [0.2, 0.25) is 10.0 Å². The molecule has 4 N–H and O–H groups in total. The first-order valence-corrected chi connectivity index (χ1v) is 7.81. The number of ether oxygens (including phenoxy) is 1. The van der Waals surface area contributed by atoms with E-state index in [2.05, 4.69) is 9.72 Å². The molecule has 0 radical (unpaired) electrons. The average molecular weight is 379 g/mol. The van der Waals surface area contributed by atoms with E-state index in [0.29, 0.717) is 11.1 Å². The van der Waals surface area contributed by atoms with Crippen LogP contribution in [0, 0.1) is 0 Å². The number of halogens is 2. The number of esters is 1. The first-order chi connectivity index (χ1) is 11.8. The summed E-state index contributed by atoms with van der Waals surface area (Å²) in [5, 5.41) is 10.9. The lowest BCUT2D eigenvalue weighted by Gasteiger charge is -2.10. The molecule has 1 heterocycles. The zero-order chi connectivity index (χ0) is 18.3. The molecule has 6 nitrogen and oxygen atoms in total. The third-order valence-electron chi connectivity index (χ3n) is 3.76. The minimum atomic E-state index is -0.593. The summed E-state index contributed by atoms with van der Waals surface area (Å²) in [5.74, 6) is -1.04. The second-order valence-electron chi connectivity index (χ2n) is 5.28. The summed E-state index contributed by atoms with van der Waals surface area (Å²) < 4.78 is 4.67. The highest BCUT2D eigenvalue weighted by molar-refractivity contribution is 6.39. The van der Waals surface area contributed by atoms with Gasteiger partial charge in [0, 0.05) is 10.9 Å². The van der Waals surface area contributed by atoms with E-state index in [1.807, 2.05) is 0 Å². The molecule has 25 heavy (non-hydrogen) atoms. The number of nitrogens with one attached hydrogen (secondary N) is 1. The SMILES string of the molecule is COC(=O)c1ccc2c(=O)c(O)c(-c3cc(Cl)c(N)c(Cl)c3)[nH]c2c1. The van der Waals surface area contributed by atoms with Crippen molar-refractivity contribution in [3.05, 3.63) is 56.2 Å². The molecule has 0 saturated heterocycles. The largest absolute Gasteiger partial charge is 0.503 e. The Labute approximate surface area is 151 Å². The number of aromatic amines is 1. The smallest absolute Gasteiger partial charge is 0.337 e. The van der Waals surface area contributed by atoms with Crippen molar-refractivity contribution in [3.8, 4) is 17.0 Å². The number of pyridine rings is 1. The molecule has 0 saturated carbocycles. The molecule has 3 rings (SSSR count). The van der Waals surface area contributed by atoms with Crippen molar-refractivity contribution in [1.29, 1.82) is 0 Å². The lowest BCUT2D eigenvalue weighted by Crippen LogP contribution is -2.07. The van der Waals surface area contributed by atoms with E-state index in [1.165, 1.54) is 37.4 Å². The summed E-state index contributed by atoms with van der Waals surface area (Å²) in [5.41, 5.74) is 6.41. The molecule has 0 bridgehead atoms. The van der Waals surface area contributed by atoms with Crippen LogP contribution >= 0.6 is 23.2 Å². The van der Waals surface area contributed by atoms with Crippen molar-refractivity contribution in [2.45, 2.75) is 0 Å². The first-order valence-electron chi connectivity index (χ1n) is 7.05. The summed E-state index contributed by atoms with van der Waals surface area (Å²) >= 11 is 12.0. The number of nitrogens with two attached hydrogens (primary N) is 1. The normalized spacial score (nSPS) is 10.8. The van der Waals surface area contributed by atoms with Crippen molar-refractivity contribution in [1.82, 2.24) is 4.98 Å². The number of fused-ring (bicyclic) bond motifs is 1. The number of benzene rings is 2. The van der Waals surface area contributed by atoms with Crippen molar-refractivity contribution in [2.75, 3.05) is 12.8 Å². The molecule has 0 aliphatic heterocycles. The third kappa shape index (κ3) is 2.90. The summed E-state index contributed by atoms with van der Waals surface area (Å²) in [7, 11) is 1.26. The Kier molecular flexibility index (Phi) is 4.32. The van der Waals surface area contributed by atoms with Crippen molar-refractivity contribution in [2.24, 2.45) is 0 Å². The van der Waals surface area contributed by atoms with Crippen molar-refractivity contribution >= 4 is 45.8 Å². The van der Waals surface area contributed by atoms with E-state index in [-0.39, 0.29) is 32.4 Å². The molecule has 2 aromatic carbocycles. The molecular formula is C17H12Cl2N2O4. The van der Waals surface area contributed by atoms with Crippen LogP contribution < -0.4 is 11.2 Å². The fourth-order valence-corrected chi connectivity index (χ4v) is 2.95. The van der Waals surface area contributed by atoms with Gasteiger partial charge in [-0.3, -0.25) is 4.79 Å². The molecule has 1 aromatic heterocycles. The topological polar surface area (TPSA) is 105 Å². The molecule has 128 valence electrons. The maximum atomic E-state index is 12.4. The predicted molar refractivity (Wildman–Crippen MR) is 97.4 cm³/mol. The summed E-state index contributed by atoms with van der Waals surface area (Å²) in [6.45, 7) is 0. The number of rotatable bonds is 2. The zero-order valence-corrected chi connectivity index (χ0v) is 14.4. The maximum Gasteiger partial charge on any atom is 0.337 e. The Morgan fingerprint density at radius 1 is 1.20 bits per heavy atom. The molecule has 0 aliphatic carbocycles. The van der Waals surface area contributed by atoms with Gasteiger partial charge in [0.15, 0.2) is 5.75 Å². The Balaban J connectivity index is 2.30. The van der Waals surface area contributed by atoms with Crippen LogP contribution in [0.25, 0.3) is 22.2 Å². The summed E-state index contributed by atoms with van der Waals surface area (Å²) in [4.78, 5) is 27.0. The van der Waals surface area contributed by atoms with Crippen LogP contribution in [0.5, 0.6) is 5.75 Å². The Morgan fingerprint density at radius 3 is 2.44 bits per heavy atom. The van der Waals surface area contributed by atoms with Crippen LogP contribution in [-0.2, 0) is 4.74 Å². The molecule has 0 spiro atoms. The number of nitrogen functional groups attached to an aromatic ring is 1. The van der Waals surface area contributed by atoms with Gasteiger partial charge in [-0.05, 0) is 30.3 Å². The van der Waals surface area contributed by atoms with E-state index in [9.17, 15) is 14.7 Å². The number of aromatic hydroxyl groups is 1. The quantitative estimate of drug-likeness (QED) is 0.466. The second-order valence-corrected chi connectivity index (χ2v) is 6.10. The first kappa shape index (κ1) is 17.1. The molecule has 0 atom stereocenters. The molecule has 0 aliphatic rings. The van der Waals surface area contributed by atoms with Gasteiger partial charge in [-0.1, -0.05) is 23.2 Å². The van der Waals surface area contributed by atoms with E-state index < -0.39 is 17.1 Å². The van der Waals surface area contributed by atoms with Crippen LogP contribution in [0.1, 0.15) is 10.4 Å². The highest BCUT2D eigenvalue weighted by Crippen LogP contribution is 2.35. The third-order valence-corrected chi connectivity index (χ3v) is 4.39. The van der Waals surface area contributed by atoms with Gasteiger partial charge in [0.2, 0.25) is 5.43 Å². The monoisotopic (exact) mass is 378 g/mol. The zero-order valence-electron chi connectivity index (χ0n) is 12.9. The van der Waals surface area contributed by atoms with Crippen LogP contribution in [0.4, 0.5) is 5.69 Å². The van der Waals surface area contributed by atoms with Gasteiger partial charge in [0.1, 0.15) is 0 Å². The Morgan fingerprint density at radius 2 is 1.84 bits per heavy atom. The van der Waals surface area contributed by atoms with E-state index in [1.54, 1.807) is 0 Å². The van der Waals surface area contributed by atoms with Gasteiger partial charge in [-0.25, -0.2) is 4.79 Å². The predicted octanol–water partition coefficient (Wildman–Crippen LogP) is 3.58. The number of H-pyrrole nitrogens is 1. The van der Waals surface area contributed by atoms with E-state index in [4.69, 9.17) is 28.9 Å². The fraction of sp³-hybridized carbons (Fsp3) is 0.0588. The summed E-state index contributed by atoms with van der Waals surface area (Å²) in [6, 6.07) is 7.30. The van der Waals surface area contributed by atoms with Crippen LogP contribution in [-0.4, -0.2) is 23.2 Å². The van der Waals surface area contributed by atoms with Gasteiger partial charge in [0.05, 0.1) is 39.6 Å². The molecular weight excluding hydrogens is 367 g/mol. The van der Waals surface area contributed by atoms with Gasteiger partial charge >= 0.3 is 5.97 Å². The molecule has 0 fully saturated rings. The van der Waals surface area contributed by atoms with Crippen LogP contribution in [0.15, 0.2) is 35.1 Å². The molecule has 3 aromatic rings. The second kappa shape index (κ2) is 6.31. The number of hydrogen-bond donors (Lipinski definition) is 3. The molecule has 0 amide bonds. The standard InChI is InChI=1S/C17H12Cl2N2O4/c1-25-17(24)7-2-3-9-12(6-7)21-14(16(23)15(9)22)8-4-10(18)13(20)11(19)5-8/h2-6,23H,20H2,1H3,(H,21,22). The molecule has 8 heteroatoms. The van der Waals surface area contributed by atoms with Gasteiger partial charge < -0.3 is 20.6 Å². The van der Waals surface area contributed by atoms with Crippen LogP contribution in [0.3, 0.4) is 0 Å². The average Bonchev–Trinajstić information content (AvgIpc) is 2.61. The van der Waals surface area contributed by atoms with Gasteiger partial charge in [0.25, 0.3) is 0 Å². The van der Waals surface area contributed by atoms with Gasteiger partial charge in [-0.2, -0.15) is 0 Å². The highest BCUT2D eigenvalue weighted by Gasteiger charge is 2.16. The maximum absolute atomic E-state index is 12.4. The number of carbonyl (C=O) groups excluding carboxylic acids is 1. The fourth-order valence-electron chi connectivity index (χ4n) is 2.46. The number of hydrogen-bond acceptors (Lipinski definition) is 5. The summed E-state index contributed by atoms with van der Waals surface area (Å²) in [6.07, 6.45) is 0. The highest BCUT2D eigenvalue weighted by atomic mass is 35.5. The minimum Gasteiger partial charge on any atom is -0.503 e. The van der Waals surface area contributed by atoms with Gasteiger partial charge in [-0.15, -0.1) is 0 Å². The van der Waals surface area contributed by atoms with E-state index in [0.717, 1.165) is 0 Å². The minimum absolute atomic E-state index is 0.114. The lowest BCUT2D eigenvalue weighted by atomic mass is 10.1. The lowest BCUT2D eigenvalue weighted by molar-refractivity contribution is 0.0601.